The maximum atomic E-state index is 4.69. The number of hydrogen-bond acceptors (Lipinski definition) is 2. The van der Waals surface area contributed by atoms with Crippen molar-refractivity contribution in [2.24, 2.45) is 0 Å². The number of aryl methyl sites for hydroxylation is 1. The zero-order chi connectivity index (χ0) is 12.5. The van der Waals surface area contributed by atoms with E-state index in [1.165, 1.54) is 18.4 Å². The van der Waals surface area contributed by atoms with Crippen LogP contribution in [0.3, 0.4) is 0 Å². The van der Waals surface area contributed by atoms with Crippen molar-refractivity contribution in [3.63, 3.8) is 0 Å². The second-order valence-corrected chi connectivity index (χ2v) is 5.88. The molecule has 3 rings (SSSR count). The van der Waals surface area contributed by atoms with Gasteiger partial charge in [-0.05, 0) is 30.5 Å². The van der Waals surface area contributed by atoms with E-state index in [0.29, 0.717) is 5.92 Å². The lowest BCUT2D eigenvalue weighted by atomic mass is 10.0. The van der Waals surface area contributed by atoms with E-state index >= 15 is 0 Å². The Morgan fingerprint density at radius 2 is 2.33 bits per heavy atom. The van der Waals surface area contributed by atoms with Gasteiger partial charge in [0.25, 0.3) is 0 Å². The molecule has 0 saturated carbocycles. The molecule has 0 radical (unpaired) electrons. The predicted octanol–water partition coefficient (Wildman–Crippen LogP) is 3.53. The molecule has 0 spiro atoms. The van der Waals surface area contributed by atoms with E-state index in [0.717, 1.165) is 29.1 Å². The Hall–Kier alpha value is -1.16. The molecule has 1 aromatic heterocycles. The molecule has 0 fully saturated rings. The first-order chi connectivity index (χ1) is 8.72. The molecule has 0 amide bonds. The predicted molar refractivity (Wildman–Crippen MR) is 74.6 cm³/mol. The molecule has 94 valence electrons. The van der Waals surface area contributed by atoms with Crippen molar-refractivity contribution in [1.82, 2.24) is 14.8 Å². The summed E-state index contributed by atoms with van der Waals surface area (Å²) in [6.07, 6.45) is 3.26. The number of nitrogens with zero attached hydrogens (tertiary/aromatic N) is 3. The van der Waals surface area contributed by atoms with Crippen LogP contribution in [0.1, 0.15) is 42.9 Å². The molecule has 1 unspecified atom stereocenters. The van der Waals surface area contributed by atoms with Crippen LogP contribution in [-0.2, 0) is 13.0 Å². The van der Waals surface area contributed by atoms with E-state index in [1.807, 2.05) is 6.07 Å². The maximum Gasteiger partial charge on any atom is 0.155 e. The lowest BCUT2D eigenvalue weighted by Gasteiger charge is -2.17. The van der Waals surface area contributed by atoms with Gasteiger partial charge in [-0.1, -0.05) is 35.0 Å². The van der Waals surface area contributed by atoms with Crippen LogP contribution >= 0.6 is 15.9 Å². The van der Waals surface area contributed by atoms with Gasteiger partial charge in [-0.15, -0.1) is 0 Å². The topological polar surface area (TPSA) is 30.7 Å². The minimum atomic E-state index is 0.544. The molecule has 18 heavy (non-hydrogen) atoms. The van der Waals surface area contributed by atoms with Crippen molar-refractivity contribution in [1.29, 1.82) is 0 Å². The van der Waals surface area contributed by atoms with Gasteiger partial charge >= 0.3 is 0 Å². The molecule has 4 heteroatoms. The van der Waals surface area contributed by atoms with Gasteiger partial charge in [0.2, 0.25) is 0 Å². The van der Waals surface area contributed by atoms with Crippen LogP contribution in [0.2, 0.25) is 0 Å². The number of rotatable bonds is 2. The quantitative estimate of drug-likeness (QED) is 0.850. The average molecular weight is 306 g/mol. The summed E-state index contributed by atoms with van der Waals surface area (Å²) in [7, 11) is 0. The fourth-order valence-electron chi connectivity index (χ4n) is 2.51. The molecule has 0 N–H and O–H groups in total. The van der Waals surface area contributed by atoms with Crippen molar-refractivity contribution in [3.8, 4) is 0 Å². The highest BCUT2D eigenvalue weighted by atomic mass is 79.9. The number of hydrogen-bond donors (Lipinski definition) is 0. The molecule has 2 heterocycles. The van der Waals surface area contributed by atoms with E-state index < -0.39 is 0 Å². The van der Waals surface area contributed by atoms with Crippen LogP contribution in [0.15, 0.2) is 28.7 Å². The molecule has 0 aliphatic carbocycles. The van der Waals surface area contributed by atoms with Gasteiger partial charge in [0.1, 0.15) is 5.82 Å². The molecular formula is C14H16BrN3. The summed E-state index contributed by atoms with van der Waals surface area (Å²) in [6, 6.07) is 8.34. The van der Waals surface area contributed by atoms with Gasteiger partial charge < -0.3 is 0 Å². The second-order valence-electron chi connectivity index (χ2n) is 4.96. The van der Waals surface area contributed by atoms with Gasteiger partial charge in [0, 0.05) is 23.4 Å². The lowest BCUT2D eigenvalue weighted by molar-refractivity contribution is 0.431. The van der Waals surface area contributed by atoms with Gasteiger partial charge in [-0.2, -0.15) is 5.10 Å². The Morgan fingerprint density at radius 3 is 3.11 bits per heavy atom. The van der Waals surface area contributed by atoms with Gasteiger partial charge in [-0.25, -0.2) is 9.67 Å². The standard InChI is InChI=1S/C14H16BrN3/c1-10-4-3-7-18-14(10)16-13(17-18)9-11-5-2-6-12(15)8-11/h2,5-6,8,10H,3-4,7,9H2,1H3. The molecule has 1 aliphatic rings. The largest absolute Gasteiger partial charge is 0.250 e. The highest BCUT2D eigenvalue weighted by Crippen LogP contribution is 2.25. The van der Waals surface area contributed by atoms with Gasteiger partial charge in [0.15, 0.2) is 5.82 Å². The third-order valence-corrected chi connectivity index (χ3v) is 3.94. The van der Waals surface area contributed by atoms with Crippen LogP contribution in [0.4, 0.5) is 0 Å². The first-order valence-corrected chi connectivity index (χ1v) is 7.20. The fourth-order valence-corrected chi connectivity index (χ4v) is 2.96. The number of halogens is 1. The SMILES string of the molecule is CC1CCCn2nc(Cc3cccc(Br)c3)nc21. The summed E-state index contributed by atoms with van der Waals surface area (Å²) in [6.45, 7) is 3.26. The number of benzene rings is 1. The first kappa shape index (κ1) is 11.9. The van der Waals surface area contributed by atoms with Crippen LogP contribution in [0, 0.1) is 0 Å². The van der Waals surface area contributed by atoms with E-state index in [4.69, 9.17) is 4.98 Å². The molecule has 1 atom stereocenters. The van der Waals surface area contributed by atoms with Gasteiger partial charge in [-0.3, -0.25) is 0 Å². The highest BCUT2D eigenvalue weighted by Gasteiger charge is 2.20. The van der Waals surface area contributed by atoms with Crippen LogP contribution in [0.5, 0.6) is 0 Å². The van der Waals surface area contributed by atoms with Crippen molar-refractivity contribution < 1.29 is 0 Å². The molecular weight excluding hydrogens is 290 g/mol. The normalized spacial score (nSPS) is 18.7. The fraction of sp³-hybridized carbons (Fsp3) is 0.429. The van der Waals surface area contributed by atoms with Crippen LogP contribution in [0.25, 0.3) is 0 Å². The van der Waals surface area contributed by atoms with Crippen molar-refractivity contribution >= 4 is 15.9 Å². The lowest BCUT2D eigenvalue weighted by Crippen LogP contribution is -2.14. The molecule has 3 nitrogen and oxygen atoms in total. The van der Waals surface area contributed by atoms with Crippen molar-refractivity contribution in [3.05, 3.63) is 46.0 Å². The zero-order valence-electron chi connectivity index (χ0n) is 10.4. The highest BCUT2D eigenvalue weighted by molar-refractivity contribution is 9.10. The minimum Gasteiger partial charge on any atom is -0.250 e. The number of fused-ring (bicyclic) bond motifs is 1. The van der Waals surface area contributed by atoms with E-state index in [2.05, 4.69) is 50.8 Å². The molecule has 1 aromatic carbocycles. The molecule has 1 aliphatic heterocycles. The monoisotopic (exact) mass is 305 g/mol. The third-order valence-electron chi connectivity index (χ3n) is 3.44. The van der Waals surface area contributed by atoms with Gasteiger partial charge in [0.05, 0.1) is 0 Å². The maximum absolute atomic E-state index is 4.69. The van der Waals surface area contributed by atoms with Crippen LogP contribution < -0.4 is 0 Å². The third kappa shape index (κ3) is 2.34. The van der Waals surface area contributed by atoms with E-state index in [-0.39, 0.29) is 0 Å². The number of aromatic nitrogens is 3. The molecule has 2 aromatic rings. The van der Waals surface area contributed by atoms with E-state index in [1.54, 1.807) is 0 Å². The Balaban J connectivity index is 1.85. The van der Waals surface area contributed by atoms with Crippen molar-refractivity contribution in [2.75, 3.05) is 0 Å². The average Bonchev–Trinajstić information content (AvgIpc) is 2.73. The summed E-state index contributed by atoms with van der Waals surface area (Å²) in [5, 5.41) is 4.62. The summed E-state index contributed by atoms with van der Waals surface area (Å²) < 4.78 is 3.19. The Bertz CT molecular complexity index is 562. The summed E-state index contributed by atoms with van der Waals surface area (Å²) in [5.41, 5.74) is 1.25. The summed E-state index contributed by atoms with van der Waals surface area (Å²) in [4.78, 5) is 4.69. The minimum absolute atomic E-state index is 0.544. The Morgan fingerprint density at radius 1 is 1.44 bits per heavy atom. The van der Waals surface area contributed by atoms with E-state index in [9.17, 15) is 0 Å². The Kier molecular flexibility index (Phi) is 3.20. The Labute approximate surface area is 115 Å². The van der Waals surface area contributed by atoms with Crippen LogP contribution in [-0.4, -0.2) is 14.8 Å². The molecule has 0 saturated heterocycles. The first-order valence-electron chi connectivity index (χ1n) is 6.40. The molecule has 0 bridgehead atoms. The zero-order valence-corrected chi connectivity index (χ0v) is 12.0. The summed E-state index contributed by atoms with van der Waals surface area (Å²) >= 11 is 3.50. The smallest absolute Gasteiger partial charge is 0.155 e. The second kappa shape index (κ2) is 4.84. The van der Waals surface area contributed by atoms with Crippen molar-refractivity contribution in [2.45, 2.75) is 38.6 Å². The summed E-state index contributed by atoms with van der Waals surface area (Å²) in [5.74, 6) is 2.64.